The number of rotatable bonds is 6. The van der Waals surface area contributed by atoms with Crippen LogP contribution in [0.1, 0.15) is 33.6 Å². The van der Waals surface area contributed by atoms with Crippen LogP contribution in [0.25, 0.3) is 0 Å². The fourth-order valence-corrected chi connectivity index (χ4v) is 3.07. The maximum absolute atomic E-state index is 11.1. The molecule has 0 spiro atoms. The number of amides is 1. The van der Waals surface area contributed by atoms with E-state index in [0.29, 0.717) is 16.7 Å². The molecule has 21 heavy (non-hydrogen) atoms. The van der Waals surface area contributed by atoms with Crippen LogP contribution < -0.4 is 11.5 Å². The van der Waals surface area contributed by atoms with Gasteiger partial charge < -0.3 is 11.5 Å². The minimum atomic E-state index is -0.388. The summed E-state index contributed by atoms with van der Waals surface area (Å²) in [5.41, 5.74) is 12.7. The molecule has 5 nitrogen and oxygen atoms in total. The maximum atomic E-state index is 11.1. The molecule has 0 atom stereocenters. The van der Waals surface area contributed by atoms with Gasteiger partial charge in [0.2, 0.25) is 5.91 Å². The second-order valence-corrected chi connectivity index (χ2v) is 6.51. The summed E-state index contributed by atoms with van der Waals surface area (Å²) in [4.78, 5) is 18.8. The van der Waals surface area contributed by atoms with Crippen molar-refractivity contribution in [2.45, 2.75) is 32.0 Å². The van der Waals surface area contributed by atoms with Gasteiger partial charge >= 0.3 is 0 Å². The summed E-state index contributed by atoms with van der Waals surface area (Å²) in [6.45, 7) is 1.73. The van der Waals surface area contributed by atoms with E-state index in [2.05, 4.69) is 9.88 Å². The van der Waals surface area contributed by atoms with Gasteiger partial charge in [-0.3, -0.25) is 9.69 Å². The molecule has 0 saturated heterocycles. The van der Waals surface area contributed by atoms with Crippen molar-refractivity contribution in [2.75, 3.05) is 5.73 Å². The molecular formula is C15H18N4OS. The topological polar surface area (TPSA) is 85.2 Å². The zero-order valence-electron chi connectivity index (χ0n) is 11.7. The van der Waals surface area contributed by atoms with Crippen LogP contribution in [0.4, 0.5) is 5.13 Å². The van der Waals surface area contributed by atoms with Gasteiger partial charge in [0.1, 0.15) is 0 Å². The molecule has 4 N–H and O–H groups in total. The number of carbonyl (C=O) groups is 1. The Balaban J connectivity index is 1.68. The van der Waals surface area contributed by atoms with Gasteiger partial charge in [-0.25, -0.2) is 4.98 Å². The van der Waals surface area contributed by atoms with Gasteiger partial charge in [0.05, 0.1) is 0 Å². The van der Waals surface area contributed by atoms with Crippen molar-refractivity contribution in [3.63, 3.8) is 0 Å². The van der Waals surface area contributed by atoms with E-state index in [1.54, 1.807) is 23.5 Å². The molecule has 1 aromatic carbocycles. The standard InChI is InChI=1S/C15H18N4OS/c16-14(20)11-3-1-10(2-4-11)8-19(12-5-6-12)9-13-7-18-15(17)21-13/h1-4,7,12H,5-6,8-9H2,(H2,16,20)(H2,17,18). The van der Waals surface area contributed by atoms with Gasteiger partial charge in [-0.1, -0.05) is 12.1 Å². The van der Waals surface area contributed by atoms with Crippen molar-refractivity contribution in [1.82, 2.24) is 9.88 Å². The van der Waals surface area contributed by atoms with E-state index in [-0.39, 0.29) is 5.91 Å². The predicted octanol–water partition coefficient (Wildman–Crippen LogP) is 1.99. The van der Waals surface area contributed by atoms with Crippen molar-refractivity contribution in [1.29, 1.82) is 0 Å². The van der Waals surface area contributed by atoms with Crippen LogP contribution in [0.3, 0.4) is 0 Å². The third-order valence-corrected chi connectivity index (χ3v) is 4.43. The van der Waals surface area contributed by atoms with E-state index in [0.717, 1.165) is 13.1 Å². The number of nitrogens with two attached hydrogens (primary N) is 2. The van der Waals surface area contributed by atoms with E-state index in [4.69, 9.17) is 11.5 Å². The van der Waals surface area contributed by atoms with E-state index >= 15 is 0 Å². The third kappa shape index (κ3) is 3.59. The lowest BCUT2D eigenvalue weighted by Gasteiger charge is -2.21. The smallest absolute Gasteiger partial charge is 0.248 e. The Hall–Kier alpha value is -1.92. The van der Waals surface area contributed by atoms with Crippen molar-refractivity contribution >= 4 is 22.4 Å². The molecule has 0 radical (unpaired) electrons. The summed E-state index contributed by atoms with van der Waals surface area (Å²) in [5, 5.41) is 0.617. The second kappa shape index (κ2) is 5.83. The molecule has 1 fully saturated rings. The van der Waals surface area contributed by atoms with Crippen LogP contribution in [0.15, 0.2) is 30.5 Å². The second-order valence-electron chi connectivity index (χ2n) is 5.36. The van der Waals surface area contributed by atoms with Crippen LogP contribution in [-0.4, -0.2) is 21.8 Å². The first kappa shape index (κ1) is 14.0. The number of anilines is 1. The predicted molar refractivity (Wildman–Crippen MR) is 83.8 cm³/mol. The van der Waals surface area contributed by atoms with Crippen LogP contribution in [-0.2, 0) is 13.1 Å². The molecule has 0 aliphatic heterocycles. The fourth-order valence-electron chi connectivity index (χ4n) is 2.36. The van der Waals surface area contributed by atoms with E-state index < -0.39 is 0 Å². The van der Waals surface area contributed by atoms with Crippen molar-refractivity contribution < 1.29 is 4.79 Å². The Labute approximate surface area is 127 Å². The van der Waals surface area contributed by atoms with Gasteiger partial charge in [0.15, 0.2) is 5.13 Å². The van der Waals surface area contributed by atoms with E-state index in [1.807, 2.05) is 18.3 Å². The molecule has 2 aromatic rings. The monoisotopic (exact) mass is 302 g/mol. The quantitative estimate of drug-likeness (QED) is 0.854. The molecule has 1 aliphatic rings. The maximum Gasteiger partial charge on any atom is 0.248 e. The summed E-state index contributed by atoms with van der Waals surface area (Å²) in [7, 11) is 0. The minimum Gasteiger partial charge on any atom is -0.375 e. The zero-order valence-corrected chi connectivity index (χ0v) is 12.5. The summed E-state index contributed by atoms with van der Waals surface area (Å²) in [5.74, 6) is -0.388. The number of benzene rings is 1. The third-order valence-electron chi connectivity index (χ3n) is 3.62. The van der Waals surface area contributed by atoms with Gasteiger partial charge in [0.25, 0.3) is 0 Å². The first-order valence-corrected chi connectivity index (χ1v) is 7.76. The summed E-state index contributed by atoms with van der Waals surface area (Å²) in [6.07, 6.45) is 4.34. The number of primary amides is 1. The van der Waals surface area contributed by atoms with Crippen LogP contribution in [0.2, 0.25) is 0 Å². The molecular weight excluding hydrogens is 284 g/mol. The highest BCUT2D eigenvalue weighted by atomic mass is 32.1. The SMILES string of the molecule is NC(=O)c1ccc(CN(Cc2cnc(N)s2)C2CC2)cc1. The Morgan fingerprint density at radius 2 is 2.00 bits per heavy atom. The zero-order chi connectivity index (χ0) is 14.8. The average Bonchev–Trinajstić information content (AvgIpc) is 3.23. The number of thiazole rings is 1. The highest BCUT2D eigenvalue weighted by Crippen LogP contribution is 2.31. The van der Waals surface area contributed by atoms with Crippen LogP contribution in [0.5, 0.6) is 0 Å². The van der Waals surface area contributed by atoms with Gasteiger partial charge in [-0.2, -0.15) is 0 Å². The van der Waals surface area contributed by atoms with Gasteiger partial charge in [0, 0.05) is 35.8 Å². The molecule has 0 bridgehead atoms. The molecule has 1 heterocycles. The molecule has 110 valence electrons. The highest BCUT2D eigenvalue weighted by Gasteiger charge is 2.29. The van der Waals surface area contributed by atoms with Crippen molar-refractivity contribution in [3.05, 3.63) is 46.5 Å². The Morgan fingerprint density at radius 3 is 2.52 bits per heavy atom. The molecule has 3 rings (SSSR count). The molecule has 0 unspecified atom stereocenters. The van der Waals surface area contributed by atoms with Gasteiger partial charge in [-0.15, -0.1) is 11.3 Å². The molecule has 6 heteroatoms. The Kier molecular flexibility index (Phi) is 3.90. The largest absolute Gasteiger partial charge is 0.375 e. The lowest BCUT2D eigenvalue weighted by atomic mass is 10.1. The number of carbonyl (C=O) groups excluding carboxylic acids is 1. The lowest BCUT2D eigenvalue weighted by molar-refractivity contribution is 0.100. The van der Waals surface area contributed by atoms with Crippen molar-refractivity contribution in [3.8, 4) is 0 Å². The van der Waals surface area contributed by atoms with Crippen molar-refractivity contribution in [2.24, 2.45) is 5.73 Å². The number of hydrogen-bond acceptors (Lipinski definition) is 5. The summed E-state index contributed by atoms with van der Waals surface area (Å²) < 4.78 is 0. The van der Waals surface area contributed by atoms with E-state index in [1.165, 1.54) is 23.3 Å². The van der Waals surface area contributed by atoms with E-state index in [9.17, 15) is 4.79 Å². The molecule has 1 aliphatic carbocycles. The van der Waals surface area contributed by atoms with Crippen LogP contribution in [0, 0.1) is 0 Å². The summed E-state index contributed by atoms with van der Waals surface area (Å²) in [6, 6.07) is 8.15. The molecule has 1 aromatic heterocycles. The normalized spacial score (nSPS) is 14.5. The first-order chi connectivity index (χ1) is 10.1. The number of aromatic nitrogens is 1. The Morgan fingerprint density at radius 1 is 1.29 bits per heavy atom. The fraction of sp³-hybridized carbons (Fsp3) is 0.333. The number of nitrogens with zero attached hydrogens (tertiary/aromatic N) is 2. The number of nitrogen functional groups attached to an aromatic ring is 1. The number of hydrogen-bond donors (Lipinski definition) is 2. The molecule has 1 amide bonds. The molecule has 1 saturated carbocycles. The van der Waals surface area contributed by atoms with Crippen LogP contribution >= 0.6 is 11.3 Å². The lowest BCUT2D eigenvalue weighted by Crippen LogP contribution is -2.24. The minimum absolute atomic E-state index is 0.388. The van der Waals surface area contributed by atoms with Gasteiger partial charge in [-0.05, 0) is 30.5 Å². The summed E-state index contributed by atoms with van der Waals surface area (Å²) >= 11 is 1.54. The average molecular weight is 302 g/mol. The first-order valence-electron chi connectivity index (χ1n) is 6.95. The Bertz CT molecular complexity index is 633. The highest BCUT2D eigenvalue weighted by molar-refractivity contribution is 7.15.